The van der Waals surface area contributed by atoms with Crippen LogP contribution in [0.3, 0.4) is 0 Å². The third kappa shape index (κ3) is 3.35. The molecule has 29 heavy (non-hydrogen) atoms. The third-order valence-corrected chi connectivity index (χ3v) is 5.08. The van der Waals surface area contributed by atoms with E-state index in [0.29, 0.717) is 30.3 Å². The molecule has 0 N–H and O–H groups in total. The predicted octanol–water partition coefficient (Wildman–Crippen LogP) is 3.68. The molecule has 4 aromatic rings. The summed E-state index contributed by atoms with van der Waals surface area (Å²) in [4.78, 5) is 23.5. The van der Waals surface area contributed by atoms with Gasteiger partial charge in [-0.3, -0.25) is 4.79 Å². The van der Waals surface area contributed by atoms with Crippen LogP contribution in [0.4, 0.5) is 0 Å². The minimum Gasteiger partial charge on any atom is -0.497 e. The number of rotatable bonds is 4. The molecule has 146 valence electrons. The fourth-order valence-corrected chi connectivity index (χ4v) is 3.59. The van der Waals surface area contributed by atoms with Crippen LogP contribution in [0.2, 0.25) is 0 Å². The van der Waals surface area contributed by atoms with Crippen LogP contribution in [0.5, 0.6) is 11.6 Å². The van der Waals surface area contributed by atoms with Crippen molar-refractivity contribution in [2.24, 2.45) is 0 Å². The first-order valence-electron chi connectivity index (χ1n) is 9.45. The summed E-state index contributed by atoms with van der Waals surface area (Å²) < 4.78 is 16.9. The van der Waals surface area contributed by atoms with Gasteiger partial charge in [0.25, 0.3) is 5.91 Å². The Morgan fingerprint density at radius 1 is 1.17 bits per heavy atom. The van der Waals surface area contributed by atoms with Gasteiger partial charge in [-0.2, -0.15) is 0 Å². The van der Waals surface area contributed by atoms with Crippen molar-refractivity contribution in [3.05, 3.63) is 60.5 Å². The first-order valence-corrected chi connectivity index (χ1v) is 9.45. The Balaban J connectivity index is 1.29. The van der Waals surface area contributed by atoms with Crippen molar-refractivity contribution >= 4 is 27.9 Å². The third-order valence-electron chi connectivity index (χ3n) is 5.08. The van der Waals surface area contributed by atoms with Crippen LogP contribution in [0.25, 0.3) is 22.0 Å². The fraction of sp³-hybridized carbons (Fsp3) is 0.227. The zero-order valence-corrected chi connectivity index (χ0v) is 15.9. The number of fused-ring (bicyclic) bond motifs is 2. The summed E-state index contributed by atoms with van der Waals surface area (Å²) in [6, 6.07) is 14.9. The molecule has 3 heterocycles. The summed E-state index contributed by atoms with van der Waals surface area (Å²) in [5, 5.41) is 0.839. The number of nitrogens with zero attached hydrogens (tertiary/aromatic N) is 3. The monoisotopic (exact) mass is 389 g/mol. The first kappa shape index (κ1) is 17.5. The molecule has 1 saturated heterocycles. The molecule has 2 aromatic carbocycles. The van der Waals surface area contributed by atoms with Gasteiger partial charge in [-0.1, -0.05) is 12.1 Å². The van der Waals surface area contributed by atoms with E-state index in [1.165, 1.54) is 0 Å². The van der Waals surface area contributed by atoms with Crippen LogP contribution in [0, 0.1) is 0 Å². The highest BCUT2D eigenvalue weighted by atomic mass is 16.5. The van der Waals surface area contributed by atoms with E-state index in [4.69, 9.17) is 13.9 Å². The van der Waals surface area contributed by atoms with E-state index in [1.54, 1.807) is 30.3 Å². The number of ether oxygens (including phenoxy) is 2. The number of benzene rings is 2. The van der Waals surface area contributed by atoms with E-state index in [9.17, 15) is 4.79 Å². The molecule has 7 heteroatoms. The van der Waals surface area contributed by atoms with E-state index >= 15 is 0 Å². The maximum Gasteiger partial charge on any atom is 0.289 e. The van der Waals surface area contributed by atoms with Crippen LogP contribution < -0.4 is 9.47 Å². The Bertz CT molecular complexity index is 1200. The number of likely N-dealkylation sites (tertiary alicyclic amines) is 1. The zero-order valence-electron chi connectivity index (χ0n) is 15.9. The number of methoxy groups -OCH3 is 1. The van der Waals surface area contributed by atoms with Gasteiger partial charge in [-0.05, 0) is 36.4 Å². The number of para-hydroxylation sites is 2. The van der Waals surface area contributed by atoms with Crippen molar-refractivity contribution in [2.75, 3.05) is 20.2 Å². The Kier molecular flexibility index (Phi) is 4.27. The standard InChI is InChI=1S/C22H19N3O4/c1-27-15-6-7-19-14(10-15)11-20(29-19)22(26)25-9-8-16(13-25)28-21-12-23-17-4-2-3-5-18(17)24-21/h2-7,10-12,16H,8-9,13H2,1H3. The van der Waals surface area contributed by atoms with Crippen LogP contribution in [0.1, 0.15) is 17.0 Å². The zero-order chi connectivity index (χ0) is 19.8. The van der Waals surface area contributed by atoms with Crippen molar-refractivity contribution in [1.29, 1.82) is 0 Å². The summed E-state index contributed by atoms with van der Waals surface area (Å²) in [6.07, 6.45) is 2.23. The van der Waals surface area contributed by atoms with Gasteiger partial charge in [0.1, 0.15) is 17.4 Å². The van der Waals surface area contributed by atoms with Gasteiger partial charge in [-0.15, -0.1) is 0 Å². The summed E-state index contributed by atoms with van der Waals surface area (Å²) >= 11 is 0. The molecule has 1 aliphatic heterocycles. The average Bonchev–Trinajstić information content (AvgIpc) is 3.39. The SMILES string of the molecule is COc1ccc2oc(C(=O)N3CCC(Oc4cnc5ccccc5n4)C3)cc2c1. The second-order valence-electron chi connectivity index (χ2n) is 6.99. The van der Waals surface area contributed by atoms with E-state index in [2.05, 4.69) is 9.97 Å². The lowest BCUT2D eigenvalue weighted by molar-refractivity contribution is 0.0742. The quantitative estimate of drug-likeness (QED) is 0.530. The molecule has 0 bridgehead atoms. The number of hydrogen-bond acceptors (Lipinski definition) is 6. The maximum atomic E-state index is 12.9. The maximum absolute atomic E-state index is 12.9. The molecule has 0 spiro atoms. The van der Waals surface area contributed by atoms with Crippen molar-refractivity contribution in [3.63, 3.8) is 0 Å². The molecule has 0 radical (unpaired) electrons. The van der Waals surface area contributed by atoms with Gasteiger partial charge in [0.2, 0.25) is 5.88 Å². The van der Waals surface area contributed by atoms with Crippen LogP contribution >= 0.6 is 0 Å². The Labute approximate surface area is 166 Å². The molecule has 1 unspecified atom stereocenters. The van der Waals surface area contributed by atoms with E-state index in [-0.39, 0.29) is 12.0 Å². The lowest BCUT2D eigenvalue weighted by atomic mass is 10.2. The van der Waals surface area contributed by atoms with Gasteiger partial charge < -0.3 is 18.8 Å². The van der Waals surface area contributed by atoms with Gasteiger partial charge in [-0.25, -0.2) is 9.97 Å². The van der Waals surface area contributed by atoms with Crippen LogP contribution in [-0.4, -0.2) is 47.1 Å². The molecule has 1 fully saturated rings. The normalized spacial score (nSPS) is 16.4. The van der Waals surface area contributed by atoms with E-state index in [1.807, 2.05) is 36.4 Å². The number of furan rings is 1. The molecule has 0 saturated carbocycles. The van der Waals surface area contributed by atoms with Crippen LogP contribution in [-0.2, 0) is 0 Å². The largest absolute Gasteiger partial charge is 0.497 e. The number of carbonyl (C=O) groups is 1. The number of aromatic nitrogens is 2. The molecule has 5 rings (SSSR count). The van der Waals surface area contributed by atoms with E-state index in [0.717, 1.165) is 28.6 Å². The summed E-state index contributed by atoms with van der Waals surface area (Å²) in [5.41, 5.74) is 2.27. The van der Waals surface area contributed by atoms with Crippen molar-refractivity contribution < 1.29 is 18.7 Å². The highest BCUT2D eigenvalue weighted by Gasteiger charge is 2.30. The summed E-state index contributed by atoms with van der Waals surface area (Å²) in [5.74, 6) is 1.37. The van der Waals surface area contributed by atoms with Gasteiger partial charge >= 0.3 is 0 Å². The lowest BCUT2D eigenvalue weighted by Crippen LogP contribution is -2.30. The van der Waals surface area contributed by atoms with Crippen LogP contribution in [0.15, 0.2) is 59.1 Å². The predicted molar refractivity (Wildman–Crippen MR) is 107 cm³/mol. The Morgan fingerprint density at radius 3 is 2.90 bits per heavy atom. The number of amides is 1. The Morgan fingerprint density at radius 2 is 2.03 bits per heavy atom. The highest BCUT2D eigenvalue weighted by molar-refractivity contribution is 5.96. The highest BCUT2D eigenvalue weighted by Crippen LogP contribution is 2.26. The molecule has 1 amide bonds. The van der Waals surface area contributed by atoms with Crippen molar-refractivity contribution in [1.82, 2.24) is 14.9 Å². The second-order valence-corrected chi connectivity index (χ2v) is 6.99. The fourth-order valence-electron chi connectivity index (χ4n) is 3.59. The number of carbonyl (C=O) groups excluding carboxylic acids is 1. The molecular weight excluding hydrogens is 370 g/mol. The minimum absolute atomic E-state index is 0.126. The van der Waals surface area contributed by atoms with E-state index < -0.39 is 0 Å². The lowest BCUT2D eigenvalue weighted by Gasteiger charge is -2.15. The molecule has 7 nitrogen and oxygen atoms in total. The number of hydrogen-bond donors (Lipinski definition) is 0. The molecule has 1 atom stereocenters. The summed E-state index contributed by atoms with van der Waals surface area (Å²) in [7, 11) is 1.61. The van der Waals surface area contributed by atoms with Gasteiger partial charge in [0, 0.05) is 18.4 Å². The first-order chi connectivity index (χ1) is 14.2. The van der Waals surface area contributed by atoms with Crippen molar-refractivity contribution in [3.8, 4) is 11.6 Å². The average molecular weight is 389 g/mol. The Hall–Kier alpha value is -3.61. The molecule has 1 aliphatic rings. The topological polar surface area (TPSA) is 77.7 Å². The second kappa shape index (κ2) is 7.09. The summed E-state index contributed by atoms with van der Waals surface area (Å²) in [6.45, 7) is 1.08. The van der Waals surface area contributed by atoms with Crippen molar-refractivity contribution in [2.45, 2.75) is 12.5 Å². The van der Waals surface area contributed by atoms with Gasteiger partial charge in [0.15, 0.2) is 5.76 Å². The van der Waals surface area contributed by atoms with Gasteiger partial charge in [0.05, 0.1) is 30.9 Å². The molecule has 2 aromatic heterocycles. The smallest absolute Gasteiger partial charge is 0.289 e. The minimum atomic E-state index is -0.143. The molecule has 0 aliphatic carbocycles. The molecular formula is C22H19N3O4.